The van der Waals surface area contributed by atoms with Crippen molar-refractivity contribution in [3.63, 3.8) is 0 Å². The fraction of sp³-hybridized carbons (Fsp3) is 0.300. The van der Waals surface area contributed by atoms with Gasteiger partial charge in [0.1, 0.15) is 11.2 Å². The zero-order chi connectivity index (χ0) is 11.0. The van der Waals surface area contributed by atoms with Crippen LogP contribution in [-0.4, -0.2) is 16.1 Å². The number of rotatable bonds is 0. The zero-order valence-corrected chi connectivity index (χ0v) is 9.14. The number of fused-ring (bicyclic) bond motifs is 1. The molecule has 0 amide bonds. The summed E-state index contributed by atoms with van der Waals surface area (Å²) in [6.07, 6.45) is 1.20. The first-order chi connectivity index (χ1) is 7.13. The van der Waals surface area contributed by atoms with Gasteiger partial charge in [-0.1, -0.05) is 11.6 Å². The summed E-state index contributed by atoms with van der Waals surface area (Å²) in [6.45, 7) is 0. The lowest BCUT2D eigenvalue weighted by molar-refractivity contribution is 0.0976. The molecule has 0 N–H and O–H groups in total. The van der Waals surface area contributed by atoms with E-state index in [1.54, 1.807) is 0 Å². The maximum Gasteiger partial charge on any atom is 0.182 e. The second-order valence-corrected chi connectivity index (χ2v) is 4.19. The Hall–Kier alpha value is -1.11. The van der Waals surface area contributed by atoms with E-state index >= 15 is 0 Å². The van der Waals surface area contributed by atoms with Crippen LogP contribution in [0.25, 0.3) is 0 Å². The second-order valence-electron chi connectivity index (χ2n) is 3.30. The SMILES string of the molecule is N#Cc1cc2c(nc1Cl)CCC(Cl)C2=O. The molecule has 1 aromatic rings. The van der Waals surface area contributed by atoms with Crippen LogP contribution in [0.2, 0.25) is 5.15 Å². The molecule has 1 aliphatic rings. The van der Waals surface area contributed by atoms with Gasteiger partial charge in [0.2, 0.25) is 0 Å². The molecule has 0 aliphatic heterocycles. The van der Waals surface area contributed by atoms with E-state index < -0.39 is 5.38 Å². The minimum absolute atomic E-state index is 0.150. The number of nitriles is 1. The molecule has 1 aliphatic carbocycles. The summed E-state index contributed by atoms with van der Waals surface area (Å²) in [4.78, 5) is 15.7. The van der Waals surface area contributed by atoms with E-state index in [4.69, 9.17) is 28.5 Å². The highest BCUT2D eigenvalue weighted by Crippen LogP contribution is 2.26. The summed E-state index contributed by atoms with van der Waals surface area (Å²) >= 11 is 11.6. The topological polar surface area (TPSA) is 53.8 Å². The van der Waals surface area contributed by atoms with E-state index in [9.17, 15) is 4.79 Å². The molecule has 1 aromatic heterocycles. The van der Waals surface area contributed by atoms with Gasteiger partial charge >= 0.3 is 0 Å². The van der Waals surface area contributed by atoms with Crippen molar-refractivity contribution in [3.05, 3.63) is 28.0 Å². The van der Waals surface area contributed by atoms with E-state index in [0.717, 1.165) is 0 Å². The number of ketones is 1. The van der Waals surface area contributed by atoms with Gasteiger partial charge in [0.25, 0.3) is 0 Å². The quantitative estimate of drug-likeness (QED) is 0.517. The average Bonchev–Trinajstić information content (AvgIpc) is 2.23. The Balaban J connectivity index is 2.59. The number of alkyl halides is 1. The molecule has 0 radical (unpaired) electrons. The molecule has 0 saturated carbocycles. The molecule has 2 rings (SSSR count). The first-order valence-electron chi connectivity index (χ1n) is 4.41. The summed E-state index contributed by atoms with van der Waals surface area (Å²) in [5, 5.41) is 8.40. The summed E-state index contributed by atoms with van der Waals surface area (Å²) in [5.41, 5.74) is 1.29. The van der Waals surface area contributed by atoms with Crippen LogP contribution < -0.4 is 0 Å². The van der Waals surface area contributed by atoms with Crippen LogP contribution in [0.3, 0.4) is 0 Å². The van der Waals surface area contributed by atoms with Gasteiger partial charge in [0.05, 0.1) is 16.6 Å². The summed E-state index contributed by atoms with van der Waals surface area (Å²) in [6, 6.07) is 3.36. The number of nitrogens with zero attached hydrogens (tertiary/aromatic N) is 2. The lowest BCUT2D eigenvalue weighted by atomic mass is 9.93. The third kappa shape index (κ3) is 1.71. The maximum absolute atomic E-state index is 11.7. The second kappa shape index (κ2) is 3.80. The fourth-order valence-corrected chi connectivity index (χ4v) is 2.00. The summed E-state index contributed by atoms with van der Waals surface area (Å²) in [5.74, 6) is -0.168. The Kier molecular flexibility index (Phi) is 2.64. The molecule has 0 spiro atoms. The third-order valence-electron chi connectivity index (χ3n) is 2.36. The van der Waals surface area contributed by atoms with Crippen LogP contribution in [0.4, 0.5) is 0 Å². The number of pyridine rings is 1. The predicted molar refractivity (Wildman–Crippen MR) is 56.3 cm³/mol. The lowest BCUT2D eigenvalue weighted by Crippen LogP contribution is -2.24. The van der Waals surface area contributed by atoms with Gasteiger partial charge in [-0.2, -0.15) is 5.26 Å². The first kappa shape index (κ1) is 10.4. The molecule has 0 fully saturated rings. The predicted octanol–water partition coefficient (Wildman–Crippen LogP) is 2.34. The number of aromatic nitrogens is 1. The minimum Gasteiger partial charge on any atom is -0.292 e. The van der Waals surface area contributed by atoms with Crippen LogP contribution in [0.1, 0.15) is 28.0 Å². The van der Waals surface area contributed by atoms with Crippen molar-refractivity contribution >= 4 is 29.0 Å². The van der Waals surface area contributed by atoms with Crippen molar-refractivity contribution in [1.29, 1.82) is 5.26 Å². The standard InChI is InChI=1S/C10H6Cl2N2O/c11-7-1-2-8-6(9(7)15)3-5(4-13)10(12)14-8/h3,7H,1-2H2. The van der Waals surface area contributed by atoms with Gasteiger partial charge < -0.3 is 0 Å². The van der Waals surface area contributed by atoms with Crippen LogP contribution in [0.15, 0.2) is 6.07 Å². The normalized spacial score (nSPS) is 19.5. The van der Waals surface area contributed by atoms with Crippen LogP contribution in [0.5, 0.6) is 0 Å². The van der Waals surface area contributed by atoms with Crippen molar-refractivity contribution in [1.82, 2.24) is 4.98 Å². The van der Waals surface area contributed by atoms with E-state index in [1.165, 1.54) is 6.07 Å². The Labute approximate surface area is 96.6 Å². The van der Waals surface area contributed by atoms with Crippen LogP contribution in [0, 0.1) is 11.3 Å². The minimum atomic E-state index is -0.507. The molecule has 76 valence electrons. The highest BCUT2D eigenvalue weighted by molar-refractivity contribution is 6.35. The van der Waals surface area contributed by atoms with E-state index in [0.29, 0.717) is 24.1 Å². The fourth-order valence-electron chi connectivity index (χ4n) is 1.57. The van der Waals surface area contributed by atoms with Crippen LogP contribution >= 0.6 is 23.2 Å². The summed E-state index contributed by atoms with van der Waals surface area (Å²) in [7, 11) is 0. The number of carbonyl (C=O) groups is 1. The summed E-state index contributed by atoms with van der Waals surface area (Å²) < 4.78 is 0. The highest BCUT2D eigenvalue weighted by Gasteiger charge is 2.27. The molecule has 0 saturated heterocycles. The molecule has 5 heteroatoms. The number of aryl methyl sites for hydroxylation is 1. The molecule has 15 heavy (non-hydrogen) atoms. The van der Waals surface area contributed by atoms with Gasteiger partial charge in [-0.05, 0) is 18.9 Å². The molecular weight excluding hydrogens is 235 g/mol. The average molecular weight is 241 g/mol. The lowest BCUT2D eigenvalue weighted by Gasteiger charge is -2.18. The molecule has 0 bridgehead atoms. The molecular formula is C10H6Cl2N2O. The smallest absolute Gasteiger partial charge is 0.182 e. The van der Waals surface area contributed by atoms with Gasteiger partial charge in [0.15, 0.2) is 5.78 Å². The highest BCUT2D eigenvalue weighted by atomic mass is 35.5. The number of halogens is 2. The number of Topliss-reactive ketones (excluding diaryl/α,β-unsaturated/α-hetero) is 1. The van der Waals surface area contributed by atoms with Gasteiger partial charge in [-0.25, -0.2) is 4.98 Å². The van der Waals surface area contributed by atoms with Crippen molar-refractivity contribution < 1.29 is 4.79 Å². The monoisotopic (exact) mass is 240 g/mol. The molecule has 1 heterocycles. The van der Waals surface area contributed by atoms with Gasteiger partial charge in [-0.15, -0.1) is 11.6 Å². The number of hydrogen-bond acceptors (Lipinski definition) is 3. The molecule has 1 atom stereocenters. The number of carbonyl (C=O) groups excluding carboxylic acids is 1. The Morgan fingerprint density at radius 3 is 3.00 bits per heavy atom. The van der Waals surface area contributed by atoms with Gasteiger partial charge in [-0.3, -0.25) is 4.79 Å². The van der Waals surface area contributed by atoms with E-state index in [1.807, 2.05) is 6.07 Å². The van der Waals surface area contributed by atoms with Crippen molar-refractivity contribution in [2.45, 2.75) is 18.2 Å². The van der Waals surface area contributed by atoms with E-state index in [2.05, 4.69) is 4.98 Å². The molecule has 3 nitrogen and oxygen atoms in total. The van der Waals surface area contributed by atoms with Crippen molar-refractivity contribution in [2.75, 3.05) is 0 Å². The third-order valence-corrected chi connectivity index (χ3v) is 3.06. The largest absolute Gasteiger partial charge is 0.292 e. The van der Waals surface area contributed by atoms with Gasteiger partial charge in [0, 0.05) is 5.56 Å². The first-order valence-corrected chi connectivity index (χ1v) is 5.22. The van der Waals surface area contributed by atoms with Crippen LogP contribution in [-0.2, 0) is 6.42 Å². The van der Waals surface area contributed by atoms with E-state index in [-0.39, 0.29) is 16.5 Å². The Morgan fingerprint density at radius 1 is 1.60 bits per heavy atom. The van der Waals surface area contributed by atoms with Crippen molar-refractivity contribution in [2.24, 2.45) is 0 Å². The maximum atomic E-state index is 11.7. The Bertz CT molecular complexity index is 479. The zero-order valence-electron chi connectivity index (χ0n) is 7.63. The molecule has 0 aromatic carbocycles. The van der Waals surface area contributed by atoms with Crippen molar-refractivity contribution in [3.8, 4) is 6.07 Å². The Morgan fingerprint density at radius 2 is 2.33 bits per heavy atom. The number of hydrogen-bond donors (Lipinski definition) is 0. The molecule has 1 unspecified atom stereocenters.